The van der Waals surface area contributed by atoms with E-state index in [9.17, 15) is 14.4 Å². The maximum atomic E-state index is 13.2. The van der Waals surface area contributed by atoms with Crippen LogP contribution in [0.4, 0.5) is 0 Å². The van der Waals surface area contributed by atoms with Crippen LogP contribution in [0.25, 0.3) is 0 Å². The summed E-state index contributed by atoms with van der Waals surface area (Å²) in [7, 11) is 0. The van der Waals surface area contributed by atoms with E-state index in [0.29, 0.717) is 76.1 Å². The molecule has 0 spiro atoms. The number of amides is 3. The van der Waals surface area contributed by atoms with Crippen molar-refractivity contribution in [2.75, 3.05) is 26.2 Å². The van der Waals surface area contributed by atoms with Crippen LogP contribution in [0.1, 0.15) is 56.9 Å². The zero-order chi connectivity index (χ0) is 27.5. The van der Waals surface area contributed by atoms with Gasteiger partial charge in [0.15, 0.2) is 5.96 Å². The summed E-state index contributed by atoms with van der Waals surface area (Å²) in [4.78, 5) is 42.6. The number of nitrogens with zero attached hydrogens (tertiary/aromatic N) is 1. The van der Waals surface area contributed by atoms with Gasteiger partial charge in [-0.1, -0.05) is 23.7 Å². The highest BCUT2D eigenvalue weighted by molar-refractivity contribution is 6.30. The predicted molar refractivity (Wildman–Crippen MR) is 148 cm³/mol. The van der Waals surface area contributed by atoms with Gasteiger partial charge in [0.1, 0.15) is 12.1 Å². The molecule has 3 amide bonds. The first-order valence-electron chi connectivity index (χ1n) is 12.8. The molecule has 0 fully saturated rings. The Morgan fingerprint density at radius 3 is 2.11 bits per heavy atom. The second kappa shape index (κ2) is 19.3. The van der Waals surface area contributed by atoms with Crippen LogP contribution in [0.2, 0.25) is 5.02 Å². The summed E-state index contributed by atoms with van der Waals surface area (Å²) < 4.78 is 0. The second-order valence-electron chi connectivity index (χ2n) is 8.86. The monoisotopic (exact) mass is 538 g/mol. The maximum Gasteiger partial charge on any atom is 0.243 e. The minimum Gasteiger partial charge on any atom is -0.370 e. The lowest BCUT2D eigenvalue weighted by atomic mass is 10.0. The number of nitrogens with two attached hydrogens (primary N) is 4. The largest absolute Gasteiger partial charge is 0.370 e. The topological polar surface area (TPSA) is 204 Å². The van der Waals surface area contributed by atoms with Crippen molar-refractivity contribution in [2.45, 2.75) is 69.9 Å². The summed E-state index contributed by atoms with van der Waals surface area (Å²) in [6.07, 6.45) is 5.12. The molecule has 37 heavy (non-hydrogen) atoms. The summed E-state index contributed by atoms with van der Waals surface area (Å²) in [5.74, 6) is -0.956. The molecule has 208 valence electrons. The Labute approximate surface area is 224 Å². The normalized spacial score (nSPS) is 12.3. The lowest BCUT2D eigenvalue weighted by Gasteiger charge is -2.23. The molecule has 12 heteroatoms. The molecule has 0 saturated carbocycles. The zero-order valence-corrected chi connectivity index (χ0v) is 22.3. The van der Waals surface area contributed by atoms with Gasteiger partial charge in [-0.3, -0.25) is 19.4 Å². The first-order valence-corrected chi connectivity index (χ1v) is 13.2. The molecule has 11 N–H and O–H groups in total. The van der Waals surface area contributed by atoms with Gasteiger partial charge in [0.25, 0.3) is 0 Å². The molecule has 0 aliphatic carbocycles. The molecule has 0 radical (unpaired) electrons. The van der Waals surface area contributed by atoms with Gasteiger partial charge in [-0.15, -0.1) is 0 Å². The van der Waals surface area contributed by atoms with E-state index in [2.05, 4.69) is 20.9 Å². The fourth-order valence-electron chi connectivity index (χ4n) is 3.65. The fraction of sp³-hybridized carbons (Fsp3) is 0.600. The van der Waals surface area contributed by atoms with E-state index in [1.807, 2.05) is 0 Å². The number of guanidine groups is 1. The molecule has 1 aromatic rings. The number of aliphatic imine (C=N–C) groups is 1. The van der Waals surface area contributed by atoms with Gasteiger partial charge in [-0.05, 0) is 82.2 Å². The summed E-state index contributed by atoms with van der Waals surface area (Å²) >= 11 is 6.01. The number of rotatable bonds is 19. The highest BCUT2D eigenvalue weighted by atomic mass is 35.5. The zero-order valence-electron chi connectivity index (χ0n) is 21.5. The molecule has 0 saturated heterocycles. The number of nitrogens with one attached hydrogen (secondary N) is 3. The lowest BCUT2D eigenvalue weighted by molar-refractivity contribution is -0.132. The van der Waals surface area contributed by atoms with Crippen LogP contribution in [0.5, 0.6) is 0 Å². The van der Waals surface area contributed by atoms with Crippen LogP contribution in [0.15, 0.2) is 29.3 Å². The molecule has 0 bridgehead atoms. The minimum atomic E-state index is -0.789. The quantitative estimate of drug-likeness (QED) is 0.0743. The number of unbranched alkanes of at least 4 members (excludes halogenated alkanes) is 3. The van der Waals surface area contributed by atoms with E-state index in [-0.39, 0.29) is 24.2 Å². The number of carbonyl (C=O) groups is 3. The Hall–Kier alpha value is -2.89. The molecule has 0 aliphatic rings. The number of benzene rings is 1. The second-order valence-corrected chi connectivity index (χ2v) is 9.30. The first-order chi connectivity index (χ1) is 17.8. The van der Waals surface area contributed by atoms with Gasteiger partial charge in [0.05, 0.1) is 6.42 Å². The van der Waals surface area contributed by atoms with Crippen LogP contribution in [0.3, 0.4) is 0 Å². The number of hydrogen-bond donors (Lipinski definition) is 7. The van der Waals surface area contributed by atoms with Crippen molar-refractivity contribution in [3.63, 3.8) is 0 Å². The molecule has 0 unspecified atom stereocenters. The first kappa shape index (κ1) is 32.1. The Kier molecular flexibility index (Phi) is 16.7. The number of carbonyl (C=O) groups excluding carboxylic acids is 3. The van der Waals surface area contributed by atoms with Gasteiger partial charge in [0.2, 0.25) is 17.7 Å². The van der Waals surface area contributed by atoms with Gasteiger partial charge < -0.3 is 38.9 Å². The minimum absolute atomic E-state index is 0.0346. The predicted octanol–water partition coefficient (Wildman–Crippen LogP) is 0.280. The van der Waals surface area contributed by atoms with E-state index in [1.165, 1.54) is 0 Å². The third-order valence-electron chi connectivity index (χ3n) is 5.61. The SMILES string of the molecule is NCCCC[C@H](NC(=O)Cc1cccc(Cl)c1)C(=O)N[C@@H](CCCCN)C(=O)NCCCCN=C(N)N. The van der Waals surface area contributed by atoms with Crippen molar-refractivity contribution in [1.82, 2.24) is 16.0 Å². The maximum absolute atomic E-state index is 13.2. The molecule has 0 aliphatic heterocycles. The molecule has 1 aromatic carbocycles. The summed E-state index contributed by atoms with van der Waals surface area (Å²) in [6.45, 7) is 1.89. The highest BCUT2D eigenvalue weighted by Crippen LogP contribution is 2.12. The standard InChI is InChI=1S/C25H43ClN8O3/c26-19-9-7-8-18(16-19)17-22(35)33-21(11-2-4-13-28)24(37)34-20(10-1-3-12-27)23(36)31-14-5-6-15-32-25(29)30/h7-9,16,20-21H,1-6,10-15,17,27-28H2,(H,31,36)(H,33,35)(H,34,37)(H4,29,30,32)/t20-,21-/m0/s1. The molecular weight excluding hydrogens is 496 g/mol. The number of hydrogen-bond acceptors (Lipinski definition) is 6. The molecule has 2 atom stereocenters. The third-order valence-corrected chi connectivity index (χ3v) is 5.85. The van der Waals surface area contributed by atoms with Crippen LogP contribution < -0.4 is 38.9 Å². The third kappa shape index (κ3) is 15.1. The molecule has 11 nitrogen and oxygen atoms in total. The molecule has 0 aromatic heterocycles. The van der Waals surface area contributed by atoms with Gasteiger partial charge >= 0.3 is 0 Å². The summed E-state index contributed by atoms with van der Waals surface area (Å²) in [5, 5.41) is 9.04. The summed E-state index contributed by atoms with van der Waals surface area (Å²) in [6, 6.07) is 5.47. The Morgan fingerprint density at radius 1 is 0.865 bits per heavy atom. The van der Waals surface area contributed by atoms with Crippen molar-refractivity contribution in [3.8, 4) is 0 Å². The van der Waals surface area contributed by atoms with Gasteiger partial charge in [-0.25, -0.2) is 0 Å². The van der Waals surface area contributed by atoms with E-state index >= 15 is 0 Å². The average molecular weight is 539 g/mol. The Bertz CT molecular complexity index is 864. The smallest absolute Gasteiger partial charge is 0.243 e. The molecule has 1 rings (SSSR count). The average Bonchev–Trinajstić information content (AvgIpc) is 2.84. The van der Waals surface area contributed by atoms with Crippen molar-refractivity contribution < 1.29 is 14.4 Å². The summed E-state index contributed by atoms with van der Waals surface area (Å²) in [5.41, 5.74) is 22.6. The van der Waals surface area contributed by atoms with E-state index in [0.717, 1.165) is 12.0 Å². The Morgan fingerprint density at radius 2 is 1.51 bits per heavy atom. The van der Waals surface area contributed by atoms with Crippen LogP contribution in [-0.4, -0.2) is 61.9 Å². The fourth-order valence-corrected chi connectivity index (χ4v) is 3.87. The van der Waals surface area contributed by atoms with Crippen molar-refractivity contribution in [1.29, 1.82) is 0 Å². The highest BCUT2D eigenvalue weighted by Gasteiger charge is 2.26. The van der Waals surface area contributed by atoms with Crippen LogP contribution >= 0.6 is 11.6 Å². The van der Waals surface area contributed by atoms with E-state index in [4.69, 9.17) is 34.5 Å². The number of halogens is 1. The van der Waals surface area contributed by atoms with Crippen molar-refractivity contribution >= 4 is 35.3 Å². The van der Waals surface area contributed by atoms with Crippen LogP contribution in [-0.2, 0) is 20.8 Å². The Balaban J connectivity index is 2.77. The van der Waals surface area contributed by atoms with Crippen molar-refractivity contribution in [3.05, 3.63) is 34.9 Å². The lowest BCUT2D eigenvalue weighted by Crippen LogP contribution is -2.54. The van der Waals surface area contributed by atoms with Crippen LogP contribution in [0, 0.1) is 0 Å². The molecule has 0 heterocycles. The van der Waals surface area contributed by atoms with E-state index < -0.39 is 18.0 Å². The molecular formula is C25H43ClN8O3. The van der Waals surface area contributed by atoms with E-state index in [1.54, 1.807) is 24.3 Å². The van der Waals surface area contributed by atoms with Gasteiger partial charge in [0, 0.05) is 18.1 Å². The van der Waals surface area contributed by atoms with Crippen molar-refractivity contribution in [2.24, 2.45) is 27.9 Å². The van der Waals surface area contributed by atoms with Gasteiger partial charge in [-0.2, -0.15) is 0 Å².